The SMILES string of the molecule is O=C(O)c1nc(Sc2ccccc2)c2ccccc2n1. The normalized spacial score (nSPS) is 10.6. The van der Waals surface area contributed by atoms with E-state index in [9.17, 15) is 4.79 Å². The molecule has 3 rings (SSSR count). The molecular formula is C15H10N2O2S. The molecule has 1 heterocycles. The van der Waals surface area contributed by atoms with Crippen LogP contribution >= 0.6 is 11.8 Å². The molecule has 0 unspecified atom stereocenters. The monoisotopic (exact) mass is 282 g/mol. The molecule has 0 amide bonds. The minimum absolute atomic E-state index is 0.179. The maximum absolute atomic E-state index is 11.1. The van der Waals surface area contributed by atoms with Gasteiger partial charge >= 0.3 is 5.97 Å². The van der Waals surface area contributed by atoms with E-state index in [0.29, 0.717) is 10.5 Å². The number of rotatable bonds is 3. The second-order valence-electron chi connectivity index (χ2n) is 4.09. The summed E-state index contributed by atoms with van der Waals surface area (Å²) in [6, 6.07) is 17.1. The van der Waals surface area contributed by atoms with Gasteiger partial charge in [0.2, 0.25) is 5.82 Å². The van der Waals surface area contributed by atoms with Gasteiger partial charge in [-0.15, -0.1) is 0 Å². The molecule has 1 N–H and O–H groups in total. The van der Waals surface area contributed by atoms with E-state index in [1.807, 2.05) is 48.5 Å². The van der Waals surface area contributed by atoms with E-state index in [4.69, 9.17) is 5.11 Å². The van der Waals surface area contributed by atoms with Crippen molar-refractivity contribution in [2.24, 2.45) is 0 Å². The van der Waals surface area contributed by atoms with Crippen molar-refractivity contribution in [3.63, 3.8) is 0 Å². The van der Waals surface area contributed by atoms with Crippen molar-refractivity contribution in [3.8, 4) is 0 Å². The van der Waals surface area contributed by atoms with Crippen molar-refractivity contribution in [2.45, 2.75) is 9.92 Å². The third-order valence-corrected chi connectivity index (χ3v) is 3.73. The Balaban J connectivity index is 2.15. The number of hydrogen-bond acceptors (Lipinski definition) is 4. The second kappa shape index (κ2) is 5.30. The molecule has 0 radical (unpaired) electrons. The van der Waals surface area contributed by atoms with Gasteiger partial charge in [0.25, 0.3) is 0 Å². The van der Waals surface area contributed by atoms with E-state index in [0.717, 1.165) is 10.3 Å². The van der Waals surface area contributed by atoms with Crippen molar-refractivity contribution >= 4 is 28.6 Å². The van der Waals surface area contributed by atoms with Crippen LogP contribution in [-0.4, -0.2) is 21.0 Å². The van der Waals surface area contributed by atoms with Crippen LogP contribution in [0.5, 0.6) is 0 Å². The van der Waals surface area contributed by atoms with Gasteiger partial charge in [-0.1, -0.05) is 48.2 Å². The molecule has 1 aromatic heterocycles. The molecule has 4 nitrogen and oxygen atoms in total. The van der Waals surface area contributed by atoms with Crippen molar-refractivity contribution in [1.82, 2.24) is 9.97 Å². The average Bonchev–Trinajstić information content (AvgIpc) is 2.48. The summed E-state index contributed by atoms with van der Waals surface area (Å²) in [5.74, 6) is -1.30. The van der Waals surface area contributed by atoms with Gasteiger partial charge in [-0.3, -0.25) is 0 Å². The number of carbonyl (C=O) groups is 1. The smallest absolute Gasteiger partial charge is 0.373 e. The van der Waals surface area contributed by atoms with Crippen LogP contribution in [0.4, 0.5) is 0 Å². The Bertz CT molecular complexity index is 775. The fraction of sp³-hybridized carbons (Fsp3) is 0. The number of carboxylic acids is 1. The molecule has 0 aliphatic rings. The number of nitrogens with zero attached hydrogens (tertiary/aromatic N) is 2. The Morgan fingerprint density at radius 2 is 1.65 bits per heavy atom. The lowest BCUT2D eigenvalue weighted by molar-refractivity contribution is 0.0683. The van der Waals surface area contributed by atoms with Crippen LogP contribution in [0.25, 0.3) is 10.9 Å². The average molecular weight is 282 g/mol. The largest absolute Gasteiger partial charge is 0.475 e. The van der Waals surface area contributed by atoms with Crippen molar-refractivity contribution in [3.05, 3.63) is 60.4 Å². The van der Waals surface area contributed by atoms with Crippen LogP contribution in [-0.2, 0) is 0 Å². The molecule has 0 fully saturated rings. The fourth-order valence-electron chi connectivity index (χ4n) is 1.82. The van der Waals surface area contributed by atoms with Gasteiger partial charge in [0.1, 0.15) is 5.03 Å². The first kappa shape index (κ1) is 12.6. The predicted molar refractivity (Wildman–Crippen MR) is 77.1 cm³/mol. The van der Waals surface area contributed by atoms with Gasteiger partial charge in [0.05, 0.1) is 5.52 Å². The molecule has 0 aliphatic heterocycles. The van der Waals surface area contributed by atoms with Crippen molar-refractivity contribution in [1.29, 1.82) is 0 Å². The van der Waals surface area contributed by atoms with Crippen molar-refractivity contribution in [2.75, 3.05) is 0 Å². The summed E-state index contributed by atoms with van der Waals surface area (Å²) in [7, 11) is 0. The zero-order chi connectivity index (χ0) is 13.9. The van der Waals surface area contributed by atoms with Crippen molar-refractivity contribution < 1.29 is 9.90 Å². The first-order valence-electron chi connectivity index (χ1n) is 5.97. The molecule has 0 saturated heterocycles. The highest BCUT2D eigenvalue weighted by Gasteiger charge is 2.13. The van der Waals surface area contributed by atoms with Gasteiger partial charge in [-0.25, -0.2) is 14.8 Å². The van der Waals surface area contributed by atoms with Crippen LogP contribution in [0.2, 0.25) is 0 Å². The first-order valence-corrected chi connectivity index (χ1v) is 6.78. The summed E-state index contributed by atoms with van der Waals surface area (Å²) >= 11 is 1.43. The minimum atomic E-state index is -1.12. The Morgan fingerprint density at radius 3 is 2.40 bits per heavy atom. The second-order valence-corrected chi connectivity index (χ2v) is 5.15. The maximum Gasteiger partial charge on any atom is 0.373 e. The minimum Gasteiger partial charge on any atom is -0.475 e. The highest BCUT2D eigenvalue weighted by molar-refractivity contribution is 7.99. The fourth-order valence-corrected chi connectivity index (χ4v) is 2.75. The van der Waals surface area contributed by atoms with Gasteiger partial charge in [-0.05, 0) is 18.2 Å². The van der Waals surface area contributed by atoms with Crippen LogP contribution in [0.1, 0.15) is 10.6 Å². The highest BCUT2D eigenvalue weighted by Crippen LogP contribution is 2.31. The molecule has 20 heavy (non-hydrogen) atoms. The maximum atomic E-state index is 11.1. The number of hydrogen-bond donors (Lipinski definition) is 1. The number of benzene rings is 2. The van der Waals surface area contributed by atoms with Gasteiger partial charge in [-0.2, -0.15) is 0 Å². The first-order chi connectivity index (χ1) is 9.74. The summed E-state index contributed by atoms with van der Waals surface area (Å²) in [5, 5.41) is 10.6. The summed E-state index contributed by atoms with van der Waals surface area (Å²) in [6.45, 7) is 0. The van der Waals surface area contributed by atoms with Crippen LogP contribution in [0.15, 0.2) is 64.5 Å². The molecule has 0 aliphatic carbocycles. The summed E-state index contributed by atoms with van der Waals surface area (Å²) in [5.41, 5.74) is 0.637. The number of carboxylic acid groups (broad SMARTS) is 1. The topological polar surface area (TPSA) is 63.1 Å². The van der Waals surface area contributed by atoms with Gasteiger partial charge < -0.3 is 5.11 Å². The zero-order valence-electron chi connectivity index (χ0n) is 10.4. The van der Waals surface area contributed by atoms with Gasteiger partial charge in [0, 0.05) is 10.3 Å². The standard InChI is InChI=1S/C15H10N2O2S/c18-15(19)13-16-12-9-5-4-8-11(12)14(17-13)20-10-6-2-1-3-7-10/h1-9H,(H,18,19). The molecular weight excluding hydrogens is 272 g/mol. The Kier molecular flexibility index (Phi) is 3.35. The zero-order valence-corrected chi connectivity index (χ0v) is 11.2. The lowest BCUT2D eigenvalue weighted by Crippen LogP contribution is -2.05. The van der Waals surface area contributed by atoms with Crippen LogP contribution in [0.3, 0.4) is 0 Å². The molecule has 0 bridgehead atoms. The van der Waals surface area contributed by atoms with E-state index in [1.54, 1.807) is 6.07 Å². The number of aromatic nitrogens is 2. The molecule has 0 spiro atoms. The lowest BCUT2D eigenvalue weighted by atomic mass is 10.2. The van der Waals surface area contributed by atoms with E-state index < -0.39 is 5.97 Å². The third-order valence-electron chi connectivity index (χ3n) is 2.72. The third kappa shape index (κ3) is 2.48. The van der Waals surface area contributed by atoms with E-state index in [-0.39, 0.29) is 5.82 Å². The summed E-state index contributed by atoms with van der Waals surface area (Å²) in [4.78, 5) is 20.3. The molecule has 5 heteroatoms. The van der Waals surface area contributed by atoms with E-state index in [2.05, 4.69) is 9.97 Å². The Morgan fingerprint density at radius 1 is 0.950 bits per heavy atom. The summed E-state index contributed by atoms with van der Waals surface area (Å²) < 4.78 is 0. The Hall–Kier alpha value is -2.40. The van der Waals surface area contributed by atoms with Crippen LogP contribution < -0.4 is 0 Å². The van der Waals surface area contributed by atoms with E-state index >= 15 is 0 Å². The Labute approximate surface area is 119 Å². The molecule has 98 valence electrons. The predicted octanol–water partition coefficient (Wildman–Crippen LogP) is 3.48. The molecule has 0 saturated carbocycles. The van der Waals surface area contributed by atoms with E-state index in [1.165, 1.54) is 11.8 Å². The number of aromatic carboxylic acids is 1. The summed E-state index contributed by atoms with van der Waals surface area (Å²) in [6.07, 6.45) is 0. The molecule has 2 aromatic carbocycles. The lowest BCUT2D eigenvalue weighted by Gasteiger charge is -2.06. The van der Waals surface area contributed by atoms with Crippen LogP contribution in [0, 0.1) is 0 Å². The quantitative estimate of drug-likeness (QED) is 0.745. The van der Waals surface area contributed by atoms with Gasteiger partial charge in [0.15, 0.2) is 0 Å². The highest BCUT2D eigenvalue weighted by atomic mass is 32.2. The number of para-hydroxylation sites is 1. The molecule has 3 aromatic rings. The molecule has 0 atom stereocenters. The number of fused-ring (bicyclic) bond motifs is 1.